The molecule has 0 fully saturated rings. The van der Waals surface area contributed by atoms with E-state index in [1.165, 1.54) is 0 Å². The molecule has 2 aromatic heterocycles. The van der Waals surface area contributed by atoms with Gasteiger partial charge in [-0.05, 0) is 38.0 Å². The van der Waals surface area contributed by atoms with Crippen molar-refractivity contribution in [3.8, 4) is 29.4 Å². The number of halogens is 1. The number of ether oxygens (including phenoxy) is 1. The molecule has 0 saturated heterocycles. The first-order valence-corrected chi connectivity index (χ1v) is 8.33. The van der Waals surface area contributed by atoms with Gasteiger partial charge in [0.2, 0.25) is 0 Å². The fourth-order valence-corrected chi connectivity index (χ4v) is 3.12. The highest BCUT2D eigenvalue weighted by atomic mass is 35.5. The molecule has 3 aromatic rings. The van der Waals surface area contributed by atoms with E-state index in [9.17, 15) is 0 Å². The minimum absolute atomic E-state index is 0.104. The summed E-state index contributed by atoms with van der Waals surface area (Å²) in [5.41, 5.74) is 3.33. The van der Waals surface area contributed by atoms with Gasteiger partial charge in [-0.3, -0.25) is 4.57 Å². The minimum Gasteiger partial charge on any atom is -0.371 e. The van der Waals surface area contributed by atoms with Crippen LogP contribution >= 0.6 is 11.6 Å². The molecule has 1 aliphatic rings. The minimum atomic E-state index is 0.104. The van der Waals surface area contributed by atoms with Crippen molar-refractivity contribution in [1.82, 2.24) is 24.3 Å². The third kappa shape index (κ3) is 2.62. The molecule has 126 valence electrons. The summed E-state index contributed by atoms with van der Waals surface area (Å²) in [6.45, 7) is 4.87. The van der Waals surface area contributed by atoms with Crippen molar-refractivity contribution in [2.75, 3.05) is 0 Å². The highest BCUT2D eigenvalue weighted by molar-refractivity contribution is 6.31. The zero-order chi connectivity index (χ0) is 17.6. The molecule has 6 nitrogen and oxygen atoms in total. The third-order valence-electron chi connectivity index (χ3n) is 4.14. The average molecular weight is 354 g/mol. The SMILES string of the molecule is C#Cc1ncn2c1Cn1c(COC(C)C)nnc1-c1cc(Cl)ccc1-2. The van der Waals surface area contributed by atoms with Gasteiger partial charge in [0.25, 0.3) is 0 Å². The largest absolute Gasteiger partial charge is 0.371 e. The van der Waals surface area contributed by atoms with Crippen LogP contribution in [0.2, 0.25) is 5.02 Å². The number of aromatic nitrogens is 5. The summed E-state index contributed by atoms with van der Waals surface area (Å²) in [5.74, 6) is 4.14. The summed E-state index contributed by atoms with van der Waals surface area (Å²) in [4.78, 5) is 4.35. The van der Waals surface area contributed by atoms with Crippen molar-refractivity contribution in [1.29, 1.82) is 0 Å². The second-order valence-electron chi connectivity index (χ2n) is 6.10. The van der Waals surface area contributed by atoms with E-state index < -0.39 is 0 Å². The molecule has 0 atom stereocenters. The van der Waals surface area contributed by atoms with E-state index in [0.717, 1.165) is 28.6 Å². The number of imidazole rings is 1. The van der Waals surface area contributed by atoms with E-state index in [4.69, 9.17) is 22.8 Å². The standard InChI is InChI=1S/C18H16ClN5O/c1-4-14-16-8-23-17(9-25-11(2)3)21-22-18(23)13-7-12(19)5-6-15(13)24(16)10-20-14/h1,5-7,10-11H,8-9H2,2-3H3. The smallest absolute Gasteiger partial charge is 0.166 e. The van der Waals surface area contributed by atoms with Gasteiger partial charge < -0.3 is 9.30 Å². The molecular weight excluding hydrogens is 338 g/mol. The van der Waals surface area contributed by atoms with Crippen LogP contribution in [0.3, 0.4) is 0 Å². The van der Waals surface area contributed by atoms with E-state index >= 15 is 0 Å². The Labute approximate surface area is 150 Å². The molecule has 0 unspecified atom stereocenters. The van der Waals surface area contributed by atoms with Gasteiger partial charge in [-0.15, -0.1) is 16.6 Å². The zero-order valence-electron chi connectivity index (χ0n) is 13.9. The van der Waals surface area contributed by atoms with Crippen LogP contribution in [-0.2, 0) is 17.9 Å². The number of rotatable bonds is 3. The summed E-state index contributed by atoms with van der Waals surface area (Å²) in [6.07, 6.45) is 7.47. The van der Waals surface area contributed by atoms with Gasteiger partial charge in [-0.1, -0.05) is 11.6 Å². The fourth-order valence-electron chi connectivity index (χ4n) is 2.95. The molecule has 1 aliphatic heterocycles. The normalized spacial score (nSPS) is 12.3. The van der Waals surface area contributed by atoms with Crippen molar-refractivity contribution < 1.29 is 4.74 Å². The van der Waals surface area contributed by atoms with Crippen LogP contribution in [0, 0.1) is 12.3 Å². The first-order valence-electron chi connectivity index (χ1n) is 7.95. The number of terminal acetylenes is 1. The highest BCUT2D eigenvalue weighted by Crippen LogP contribution is 2.34. The Morgan fingerprint density at radius 3 is 2.96 bits per heavy atom. The molecule has 3 heterocycles. The molecule has 0 bridgehead atoms. The van der Waals surface area contributed by atoms with Crippen molar-refractivity contribution in [2.24, 2.45) is 0 Å². The first-order chi connectivity index (χ1) is 12.1. The fraction of sp³-hybridized carbons (Fsp3) is 0.278. The number of fused-ring (bicyclic) bond motifs is 5. The van der Waals surface area contributed by atoms with Gasteiger partial charge in [-0.2, -0.15) is 0 Å². The summed E-state index contributed by atoms with van der Waals surface area (Å²) in [6, 6.07) is 5.67. The maximum Gasteiger partial charge on any atom is 0.166 e. The molecule has 7 heteroatoms. The molecular formula is C18H16ClN5O. The van der Waals surface area contributed by atoms with Crippen LogP contribution in [0.15, 0.2) is 24.5 Å². The number of hydrogen-bond donors (Lipinski definition) is 0. The lowest BCUT2D eigenvalue weighted by Crippen LogP contribution is -2.11. The van der Waals surface area contributed by atoms with Crippen molar-refractivity contribution >= 4 is 11.6 Å². The zero-order valence-corrected chi connectivity index (χ0v) is 14.7. The number of hydrogen-bond acceptors (Lipinski definition) is 4. The van der Waals surface area contributed by atoms with Crippen molar-refractivity contribution in [3.05, 3.63) is 46.8 Å². The summed E-state index contributed by atoms with van der Waals surface area (Å²) >= 11 is 6.23. The van der Waals surface area contributed by atoms with Crippen molar-refractivity contribution in [3.63, 3.8) is 0 Å². The quantitative estimate of drug-likeness (QED) is 0.531. The van der Waals surface area contributed by atoms with Crippen LogP contribution in [0.1, 0.15) is 31.1 Å². The maximum atomic E-state index is 6.23. The molecule has 0 N–H and O–H groups in total. The van der Waals surface area contributed by atoms with Gasteiger partial charge in [0, 0.05) is 10.6 Å². The summed E-state index contributed by atoms with van der Waals surface area (Å²) in [7, 11) is 0. The van der Waals surface area contributed by atoms with Gasteiger partial charge >= 0.3 is 0 Å². The lowest BCUT2D eigenvalue weighted by Gasteiger charge is -2.10. The Kier molecular flexibility index (Phi) is 3.83. The topological polar surface area (TPSA) is 57.8 Å². The average Bonchev–Trinajstić information content (AvgIpc) is 3.14. The monoisotopic (exact) mass is 353 g/mol. The van der Waals surface area contributed by atoms with Crippen LogP contribution < -0.4 is 0 Å². The summed E-state index contributed by atoms with van der Waals surface area (Å²) in [5, 5.41) is 9.33. The second-order valence-corrected chi connectivity index (χ2v) is 6.54. The third-order valence-corrected chi connectivity index (χ3v) is 4.38. The molecule has 1 aromatic carbocycles. The van der Waals surface area contributed by atoms with Crippen LogP contribution in [0.4, 0.5) is 0 Å². The van der Waals surface area contributed by atoms with E-state index in [1.807, 2.05) is 41.2 Å². The molecule has 0 amide bonds. The molecule has 25 heavy (non-hydrogen) atoms. The van der Waals surface area contributed by atoms with Gasteiger partial charge in [0.15, 0.2) is 11.6 Å². The number of nitrogens with zero attached hydrogens (tertiary/aromatic N) is 5. The Balaban J connectivity index is 1.94. The predicted molar refractivity (Wildman–Crippen MR) is 94.6 cm³/mol. The molecule has 0 radical (unpaired) electrons. The van der Waals surface area contributed by atoms with E-state index in [1.54, 1.807) is 6.33 Å². The lowest BCUT2D eigenvalue weighted by molar-refractivity contribution is 0.0595. The van der Waals surface area contributed by atoms with E-state index in [0.29, 0.717) is 23.9 Å². The Bertz CT molecular complexity index is 996. The van der Waals surface area contributed by atoms with Crippen LogP contribution in [0.5, 0.6) is 0 Å². The van der Waals surface area contributed by atoms with E-state index in [-0.39, 0.29) is 6.10 Å². The van der Waals surface area contributed by atoms with Gasteiger partial charge in [-0.25, -0.2) is 4.98 Å². The van der Waals surface area contributed by atoms with Gasteiger partial charge in [0.1, 0.15) is 18.6 Å². The number of benzene rings is 1. The molecule has 4 rings (SSSR count). The lowest BCUT2D eigenvalue weighted by atomic mass is 10.1. The maximum absolute atomic E-state index is 6.23. The molecule has 0 aliphatic carbocycles. The second kappa shape index (κ2) is 6.03. The Hall–Kier alpha value is -2.62. The molecule has 0 saturated carbocycles. The highest BCUT2D eigenvalue weighted by Gasteiger charge is 2.25. The Morgan fingerprint density at radius 1 is 1.36 bits per heavy atom. The van der Waals surface area contributed by atoms with E-state index in [2.05, 4.69) is 21.1 Å². The van der Waals surface area contributed by atoms with Crippen LogP contribution in [-0.4, -0.2) is 30.4 Å². The molecule has 0 spiro atoms. The van der Waals surface area contributed by atoms with Crippen molar-refractivity contribution in [2.45, 2.75) is 33.1 Å². The summed E-state index contributed by atoms with van der Waals surface area (Å²) < 4.78 is 9.72. The van der Waals surface area contributed by atoms with Crippen LogP contribution in [0.25, 0.3) is 17.1 Å². The predicted octanol–water partition coefficient (Wildman–Crippen LogP) is 3.05. The van der Waals surface area contributed by atoms with Gasteiger partial charge in [0.05, 0.1) is 24.0 Å². The first kappa shape index (κ1) is 15.9. The Morgan fingerprint density at radius 2 is 2.20 bits per heavy atom.